The van der Waals surface area contributed by atoms with Crippen LogP contribution in [0, 0.1) is 13.8 Å². The molecule has 0 saturated carbocycles. The number of likely N-dealkylation sites (tertiary alicyclic amines) is 1. The van der Waals surface area contributed by atoms with Crippen LogP contribution in [0.1, 0.15) is 55.8 Å². The molecule has 112 valence electrons. The number of likely N-dealkylation sites (N-methyl/N-ethyl adjacent to an activating group) is 1. The SMILES string of the molecule is CCNC(CN1CCCCC1C)c1ccc(C)cc1C. The molecule has 0 spiro atoms. The van der Waals surface area contributed by atoms with Gasteiger partial charge in [-0.2, -0.15) is 0 Å². The number of nitrogens with zero attached hydrogens (tertiary/aromatic N) is 1. The Morgan fingerprint density at radius 2 is 2.10 bits per heavy atom. The van der Waals surface area contributed by atoms with E-state index in [1.54, 1.807) is 0 Å². The molecule has 20 heavy (non-hydrogen) atoms. The van der Waals surface area contributed by atoms with Crippen LogP contribution >= 0.6 is 0 Å². The molecule has 1 aromatic carbocycles. The lowest BCUT2D eigenvalue weighted by atomic mass is 9.96. The van der Waals surface area contributed by atoms with Gasteiger partial charge in [-0.05, 0) is 57.8 Å². The van der Waals surface area contributed by atoms with Crippen LogP contribution in [0.2, 0.25) is 0 Å². The van der Waals surface area contributed by atoms with E-state index in [4.69, 9.17) is 0 Å². The number of benzene rings is 1. The van der Waals surface area contributed by atoms with E-state index in [1.807, 2.05) is 0 Å². The second kappa shape index (κ2) is 7.24. The minimum Gasteiger partial charge on any atom is -0.309 e. The lowest BCUT2D eigenvalue weighted by Crippen LogP contribution is -2.43. The smallest absolute Gasteiger partial charge is 0.0451 e. The molecule has 2 rings (SSSR count). The average molecular weight is 274 g/mol. The van der Waals surface area contributed by atoms with Gasteiger partial charge in [-0.15, -0.1) is 0 Å². The number of rotatable bonds is 5. The standard InChI is InChI=1S/C18H30N2/c1-5-19-18(13-20-11-7-6-8-16(20)4)17-10-9-14(2)12-15(17)3/h9-10,12,16,18-19H,5-8,11,13H2,1-4H3. The van der Waals surface area contributed by atoms with Crippen molar-refractivity contribution < 1.29 is 0 Å². The minimum atomic E-state index is 0.459. The van der Waals surface area contributed by atoms with Gasteiger partial charge in [0.1, 0.15) is 0 Å². The first-order valence-electron chi connectivity index (χ1n) is 8.16. The molecule has 0 amide bonds. The molecular weight excluding hydrogens is 244 g/mol. The topological polar surface area (TPSA) is 15.3 Å². The summed E-state index contributed by atoms with van der Waals surface area (Å²) in [6, 6.07) is 8.05. The highest BCUT2D eigenvalue weighted by atomic mass is 15.2. The van der Waals surface area contributed by atoms with Gasteiger partial charge in [-0.1, -0.05) is 37.1 Å². The molecule has 0 bridgehead atoms. The number of aryl methyl sites for hydroxylation is 2. The van der Waals surface area contributed by atoms with Crippen molar-refractivity contribution in [1.29, 1.82) is 0 Å². The molecule has 2 heteroatoms. The van der Waals surface area contributed by atoms with Gasteiger partial charge in [0.05, 0.1) is 0 Å². The van der Waals surface area contributed by atoms with Crippen LogP contribution in [0.4, 0.5) is 0 Å². The zero-order chi connectivity index (χ0) is 14.5. The maximum absolute atomic E-state index is 3.69. The highest BCUT2D eigenvalue weighted by Gasteiger charge is 2.22. The second-order valence-corrected chi connectivity index (χ2v) is 6.31. The predicted octanol–water partition coefficient (Wildman–Crippen LogP) is 3.83. The van der Waals surface area contributed by atoms with Crippen LogP contribution in [0.25, 0.3) is 0 Å². The van der Waals surface area contributed by atoms with Gasteiger partial charge in [0, 0.05) is 18.6 Å². The van der Waals surface area contributed by atoms with E-state index in [2.05, 4.69) is 56.1 Å². The number of hydrogen-bond donors (Lipinski definition) is 1. The fourth-order valence-electron chi connectivity index (χ4n) is 3.40. The van der Waals surface area contributed by atoms with Crippen molar-refractivity contribution in [3.63, 3.8) is 0 Å². The Morgan fingerprint density at radius 3 is 2.75 bits per heavy atom. The molecule has 0 aliphatic carbocycles. The molecule has 1 saturated heterocycles. The van der Waals surface area contributed by atoms with Crippen LogP contribution < -0.4 is 5.32 Å². The molecule has 1 aromatic rings. The summed E-state index contributed by atoms with van der Waals surface area (Å²) >= 11 is 0. The van der Waals surface area contributed by atoms with Gasteiger partial charge in [0.2, 0.25) is 0 Å². The van der Waals surface area contributed by atoms with E-state index in [-0.39, 0.29) is 0 Å². The molecule has 2 atom stereocenters. The van der Waals surface area contributed by atoms with Crippen molar-refractivity contribution in [2.75, 3.05) is 19.6 Å². The Labute approximate surface area is 124 Å². The molecule has 0 radical (unpaired) electrons. The summed E-state index contributed by atoms with van der Waals surface area (Å²) in [4.78, 5) is 2.66. The van der Waals surface area contributed by atoms with Gasteiger partial charge in [-0.25, -0.2) is 0 Å². The minimum absolute atomic E-state index is 0.459. The Kier molecular flexibility index (Phi) is 5.62. The molecule has 2 nitrogen and oxygen atoms in total. The van der Waals surface area contributed by atoms with E-state index < -0.39 is 0 Å². The molecular formula is C18H30N2. The van der Waals surface area contributed by atoms with E-state index in [0.29, 0.717) is 6.04 Å². The van der Waals surface area contributed by atoms with E-state index in [9.17, 15) is 0 Å². The first-order chi connectivity index (χ1) is 9.61. The van der Waals surface area contributed by atoms with Crippen LogP contribution in [0.5, 0.6) is 0 Å². The fourth-order valence-corrected chi connectivity index (χ4v) is 3.40. The number of hydrogen-bond acceptors (Lipinski definition) is 2. The summed E-state index contributed by atoms with van der Waals surface area (Å²) in [6.07, 6.45) is 4.11. The summed E-state index contributed by atoms with van der Waals surface area (Å²) in [5.74, 6) is 0. The number of nitrogens with one attached hydrogen (secondary N) is 1. The van der Waals surface area contributed by atoms with Crippen LogP contribution in [-0.4, -0.2) is 30.6 Å². The van der Waals surface area contributed by atoms with Crippen molar-refractivity contribution in [3.8, 4) is 0 Å². The van der Waals surface area contributed by atoms with Gasteiger partial charge in [-0.3, -0.25) is 4.90 Å². The monoisotopic (exact) mass is 274 g/mol. The quantitative estimate of drug-likeness (QED) is 0.878. The summed E-state index contributed by atoms with van der Waals surface area (Å²) in [6.45, 7) is 12.4. The van der Waals surface area contributed by atoms with Crippen molar-refractivity contribution in [2.24, 2.45) is 0 Å². The van der Waals surface area contributed by atoms with Crippen molar-refractivity contribution in [2.45, 2.75) is 59.0 Å². The van der Waals surface area contributed by atoms with E-state index in [0.717, 1.165) is 19.1 Å². The van der Waals surface area contributed by atoms with E-state index >= 15 is 0 Å². The van der Waals surface area contributed by atoms with Crippen molar-refractivity contribution in [1.82, 2.24) is 10.2 Å². The highest BCUT2D eigenvalue weighted by molar-refractivity contribution is 5.33. The van der Waals surface area contributed by atoms with Crippen LogP contribution in [-0.2, 0) is 0 Å². The first kappa shape index (κ1) is 15.5. The summed E-state index contributed by atoms with van der Waals surface area (Å²) in [5.41, 5.74) is 4.24. The lowest BCUT2D eigenvalue weighted by molar-refractivity contribution is 0.144. The first-order valence-corrected chi connectivity index (χ1v) is 8.16. The third kappa shape index (κ3) is 3.83. The summed E-state index contributed by atoms with van der Waals surface area (Å²) < 4.78 is 0. The Bertz CT molecular complexity index is 427. The molecule has 1 aliphatic heterocycles. The third-order valence-electron chi connectivity index (χ3n) is 4.61. The molecule has 1 heterocycles. The Morgan fingerprint density at radius 1 is 1.30 bits per heavy atom. The molecule has 1 fully saturated rings. The maximum Gasteiger partial charge on any atom is 0.0451 e. The van der Waals surface area contributed by atoms with Gasteiger partial charge in [0.15, 0.2) is 0 Å². The molecule has 0 aromatic heterocycles. The molecule has 1 aliphatic rings. The summed E-state index contributed by atoms with van der Waals surface area (Å²) in [5, 5.41) is 3.69. The molecule has 2 unspecified atom stereocenters. The van der Waals surface area contributed by atoms with Gasteiger partial charge < -0.3 is 5.32 Å². The van der Waals surface area contributed by atoms with Crippen molar-refractivity contribution in [3.05, 3.63) is 34.9 Å². The second-order valence-electron chi connectivity index (χ2n) is 6.31. The normalized spacial score (nSPS) is 21.9. The maximum atomic E-state index is 3.69. The van der Waals surface area contributed by atoms with E-state index in [1.165, 1.54) is 42.5 Å². The fraction of sp³-hybridized carbons (Fsp3) is 0.667. The number of piperidine rings is 1. The zero-order valence-corrected chi connectivity index (χ0v) is 13.6. The Balaban J connectivity index is 2.13. The van der Waals surface area contributed by atoms with Gasteiger partial charge >= 0.3 is 0 Å². The van der Waals surface area contributed by atoms with Crippen molar-refractivity contribution >= 4 is 0 Å². The molecule has 1 N–H and O–H groups in total. The highest BCUT2D eigenvalue weighted by Crippen LogP contribution is 2.24. The lowest BCUT2D eigenvalue weighted by Gasteiger charge is -2.36. The predicted molar refractivity (Wildman–Crippen MR) is 87.2 cm³/mol. The average Bonchev–Trinajstić information content (AvgIpc) is 2.41. The summed E-state index contributed by atoms with van der Waals surface area (Å²) in [7, 11) is 0. The third-order valence-corrected chi connectivity index (χ3v) is 4.61. The Hall–Kier alpha value is -0.860. The largest absolute Gasteiger partial charge is 0.309 e. The van der Waals surface area contributed by atoms with Crippen LogP contribution in [0.3, 0.4) is 0 Å². The zero-order valence-electron chi connectivity index (χ0n) is 13.6. The van der Waals surface area contributed by atoms with Gasteiger partial charge in [0.25, 0.3) is 0 Å². The van der Waals surface area contributed by atoms with Crippen LogP contribution in [0.15, 0.2) is 18.2 Å².